The number of carbonyl (C=O) groups excluding carboxylic acids is 1. The smallest absolute Gasteiger partial charge is 0.459 e. The van der Waals surface area contributed by atoms with E-state index in [1.807, 2.05) is 4.98 Å². The summed E-state index contributed by atoms with van der Waals surface area (Å²) in [5.41, 5.74) is -2.30. The van der Waals surface area contributed by atoms with E-state index in [1.54, 1.807) is 32.0 Å². The van der Waals surface area contributed by atoms with Gasteiger partial charge in [-0.1, -0.05) is 24.8 Å². The highest BCUT2D eigenvalue weighted by Crippen LogP contribution is 2.50. The number of aromatic amines is 1. The van der Waals surface area contributed by atoms with Gasteiger partial charge >= 0.3 is 19.4 Å². The Kier molecular flexibility index (Phi) is 9.14. The SMILES string of the molecule is C=C=C[C@]1(O)[C@H](n2ccc(=O)[nH]c2=O)O[C@](F)(CO[P@@](=O)(N[C@@H](C)C(=O)OC(C)C)Oc2ccccc2)[C@H]1O. The number of nitrogens with one attached hydrogen (secondary N) is 2. The number of carbonyl (C=O) groups is 1. The van der Waals surface area contributed by atoms with Gasteiger partial charge < -0.3 is 24.2 Å². The molecule has 1 aromatic heterocycles. The molecule has 1 aromatic carbocycles. The van der Waals surface area contributed by atoms with Crippen molar-refractivity contribution >= 4 is 13.7 Å². The minimum atomic E-state index is -4.60. The highest BCUT2D eigenvalue weighted by molar-refractivity contribution is 7.52. The van der Waals surface area contributed by atoms with E-state index in [9.17, 15) is 29.2 Å². The normalized spacial score (nSPS) is 26.8. The molecule has 4 N–H and O–H groups in total. The number of esters is 1. The number of alkyl halides is 1. The highest BCUT2D eigenvalue weighted by atomic mass is 31.2. The fourth-order valence-electron chi connectivity index (χ4n) is 3.65. The molecule has 0 bridgehead atoms. The molecular weight excluding hydrogens is 540 g/mol. The van der Waals surface area contributed by atoms with Crippen molar-refractivity contribution in [3.05, 3.63) is 81.8 Å². The monoisotopic (exact) mass is 569 g/mol. The fraction of sp³-hybridized carbons (Fsp3) is 0.417. The summed E-state index contributed by atoms with van der Waals surface area (Å²) in [5, 5.41) is 24.3. The fourth-order valence-corrected chi connectivity index (χ4v) is 5.16. The average molecular weight is 569 g/mol. The molecule has 13 nitrogen and oxygen atoms in total. The lowest BCUT2D eigenvalue weighted by Gasteiger charge is -2.29. The Morgan fingerprint density at radius 3 is 2.59 bits per heavy atom. The standard InChI is InChI=1S/C24H29FN3O10P/c1-5-12-23(33)20(31)24(25,37-21(23)28-13-11-18(29)26-22(28)32)14-35-39(34,38-17-9-7-6-8-10-17)27-16(4)19(30)36-15(2)3/h6-13,15-16,20-21,31,33H,1,14H2,2-4H3,(H,27,34)(H,26,29,32)/t16-,20-,21+,23+,24+,39-/m0/s1. The number of benzene rings is 1. The number of nitrogens with zero attached hydrogens (tertiary/aromatic N) is 1. The summed E-state index contributed by atoms with van der Waals surface area (Å²) in [6.45, 7) is 6.50. The maximum Gasteiger partial charge on any atom is 0.459 e. The first kappa shape index (κ1) is 30.2. The van der Waals surface area contributed by atoms with Crippen molar-refractivity contribution in [3.8, 4) is 5.75 Å². The second kappa shape index (κ2) is 11.8. The van der Waals surface area contributed by atoms with E-state index in [4.69, 9.17) is 18.5 Å². The molecule has 3 rings (SSSR count). The third-order valence-electron chi connectivity index (χ3n) is 5.44. The highest BCUT2D eigenvalue weighted by Gasteiger charge is 2.65. The molecule has 15 heteroatoms. The van der Waals surface area contributed by atoms with Gasteiger partial charge in [0.1, 0.15) is 18.4 Å². The van der Waals surface area contributed by atoms with Crippen LogP contribution in [0.15, 0.2) is 70.6 Å². The average Bonchev–Trinajstić information content (AvgIpc) is 3.05. The quantitative estimate of drug-likeness (QED) is 0.174. The molecule has 1 aliphatic heterocycles. The van der Waals surface area contributed by atoms with Crippen LogP contribution in [0.3, 0.4) is 0 Å². The molecule has 0 spiro atoms. The summed E-state index contributed by atoms with van der Waals surface area (Å²) < 4.78 is 51.4. The molecule has 1 saturated heterocycles. The lowest BCUT2D eigenvalue weighted by atomic mass is 9.93. The molecule has 0 aliphatic carbocycles. The number of hydrogen-bond acceptors (Lipinski definition) is 10. The molecule has 2 aromatic rings. The molecule has 1 aliphatic rings. The third-order valence-corrected chi connectivity index (χ3v) is 7.07. The van der Waals surface area contributed by atoms with Crippen LogP contribution in [-0.2, 0) is 23.4 Å². The maximum atomic E-state index is 16.1. The van der Waals surface area contributed by atoms with Gasteiger partial charge in [-0.15, -0.1) is 5.73 Å². The molecule has 6 atom stereocenters. The van der Waals surface area contributed by atoms with Crippen LogP contribution >= 0.6 is 7.75 Å². The predicted octanol–water partition coefficient (Wildman–Crippen LogP) is 1.30. The summed E-state index contributed by atoms with van der Waals surface area (Å²) in [4.78, 5) is 38.0. The summed E-state index contributed by atoms with van der Waals surface area (Å²) >= 11 is 0. The molecule has 1 fully saturated rings. The van der Waals surface area contributed by atoms with E-state index < -0.39 is 67.5 Å². The maximum absolute atomic E-state index is 16.1. The van der Waals surface area contributed by atoms with Gasteiger partial charge in [0.2, 0.25) is 0 Å². The van der Waals surface area contributed by atoms with Crippen LogP contribution in [0.2, 0.25) is 0 Å². The van der Waals surface area contributed by atoms with E-state index >= 15 is 4.39 Å². The molecule has 2 heterocycles. The van der Waals surface area contributed by atoms with E-state index in [2.05, 4.69) is 17.4 Å². The van der Waals surface area contributed by atoms with Gasteiger partial charge in [0.25, 0.3) is 11.4 Å². The largest absolute Gasteiger partial charge is 0.462 e. The molecule has 0 saturated carbocycles. The van der Waals surface area contributed by atoms with Crippen molar-refractivity contribution in [1.82, 2.24) is 14.6 Å². The lowest BCUT2D eigenvalue weighted by molar-refractivity contribution is -0.204. The first-order valence-electron chi connectivity index (χ1n) is 11.7. The number of aromatic nitrogens is 2. The van der Waals surface area contributed by atoms with Gasteiger partial charge in [0, 0.05) is 12.3 Å². The Balaban J connectivity index is 1.93. The van der Waals surface area contributed by atoms with Gasteiger partial charge in [-0.25, -0.2) is 13.8 Å². The molecule has 212 valence electrons. The number of rotatable bonds is 11. The number of aliphatic hydroxyl groups excluding tert-OH is 1. The first-order valence-corrected chi connectivity index (χ1v) is 13.2. The minimum Gasteiger partial charge on any atom is -0.462 e. The van der Waals surface area contributed by atoms with Crippen LogP contribution in [0.5, 0.6) is 5.75 Å². The summed E-state index contributed by atoms with van der Waals surface area (Å²) in [7, 11) is -4.60. The van der Waals surface area contributed by atoms with Crippen LogP contribution < -0.4 is 20.9 Å². The summed E-state index contributed by atoms with van der Waals surface area (Å²) in [6.07, 6.45) is -3.19. The number of ether oxygens (including phenoxy) is 2. The van der Waals surface area contributed by atoms with Crippen molar-refractivity contribution in [2.75, 3.05) is 6.61 Å². The zero-order chi connectivity index (χ0) is 29.0. The minimum absolute atomic E-state index is 0.0299. The Bertz CT molecular complexity index is 1390. The van der Waals surface area contributed by atoms with Crippen LogP contribution in [0.25, 0.3) is 0 Å². The predicted molar refractivity (Wildman–Crippen MR) is 134 cm³/mol. The van der Waals surface area contributed by atoms with Crippen molar-refractivity contribution in [2.24, 2.45) is 0 Å². The van der Waals surface area contributed by atoms with Gasteiger partial charge in [-0.05, 0) is 39.0 Å². The Hall–Kier alpha value is -3.35. The first-order chi connectivity index (χ1) is 18.2. The van der Waals surface area contributed by atoms with E-state index in [1.165, 1.54) is 19.1 Å². The number of para-hydroxylation sites is 1. The molecule has 39 heavy (non-hydrogen) atoms. The van der Waals surface area contributed by atoms with Crippen molar-refractivity contribution in [3.63, 3.8) is 0 Å². The van der Waals surface area contributed by atoms with Gasteiger partial charge in [0.15, 0.2) is 17.9 Å². The topological polar surface area (TPSA) is 178 Å². The van der Waals surface area contributed by atoms with E-state index in [-0.39, 0.29) is 5.75 Å². The van der Waals surface area contributed by atoms with Crippen molar-refractivity contribution in [1.29, 1.82) is 0 Å². The second-order valence-corrected chi connectivity index (χ2v) is 10.6. The zero-order valence-electron chi connectivity index (χ0n) is 21.3. The number of hydrogen-bond donors (Lipinski definition) is 4. The zero-order valence-corrected chi connectivity index (χ0v) is 22.2. The van der Waals surface area contributed by atoms with Crippen molar-refractivity contribution in [2.45, 2.75) is 56.7 Å². The van der Waals surface area contributed by atoms with E-state index in [0.717, 1.165) is 18.3 Å². The Morgan fingerprint density at radius 1 is 1.33 bits per heavy atom. The van der Waals surface area contributed by atoms with Crippen LogP contribution in [0.4, 0.5) is 4.39 Å². The number of aliphatic hydroxyl groups is 2. The summed E-state index contributed by atoms with van der Waals surface area (Å²) in [6, 6.07) is 7.28. The third kappa shape index (κ3) is 6.81. The van der Waals surface area contributed by atoms with Crippen LogP contribution in [-0.4, -0.2) is 62.0 Å². The van der Waals surface area contributed by atoms with Crippen LogP contribution in [0.1, 0.15) is 27.0 Å². The summed E-state index contributed by atoms with van der Waals surface area (Å²) in [5.74, 6) is -4.08. The molecule has 0 radical (unpaired) electrons. The molecule has 0 amide bonds. The number of halogens is 1. The lowest BCUT2D eigenvalue weighted by Crippen LogP contribution is -2.51. The van der Waals surface area contributed by atoms with Gasteiger partial charge in [-0.3, -0.25) is 23.7 Å². The Labute approximate surface area is 222 Å². The van der Waals surface area contributed by atoms with Crippen molar-refractivity contribution < 1.29 is 42.5 Å². The molecule has 0 unspecified atom stereocenters. The van der Waals surface area contributed by atoms with Gasteiger partial charge in [-0.2, -0.15) is 5.09 Å². The number of H-pyrrole nitrogens is 1. The van der Waals surface area contributed by atoms with E-state index in [0.29, 0.717) is 4.57 Å². The Morgan fingerprint density at radius 2 is 2.00 bits per heavy atom. The second-order valence-electron chi connectivity index (χ2n) is 8.92. The van der Waals surface area contributed by atoms with Crippen LogP contribution in [0, 0.1) is 0 Å². The molecular formula is C24H29FN3O10P. The van der Waals surface area contributed by atoms with Gasteiger partial charge in [0.05, 0.1) is 6.10 Å².